The first kappa shape index (κ1) is 8.01. The van der Waals surface area contributed by atoms with Crippen LogP contribution < -0.4 is 0 Å². The van der Waals surface area contributed by atoms with Crippen LogP contribution in [0.1, 0.15) is 25.7 Å². The summed E-state index contributed by atoms with van der Waals surface area (Å²) in [6.45, 7) is 1.23. The van der Waals surface area contributed by atoms with E-state index in [1.807, 2.05) is 0 Å². The molecule has 0 spiro atoms. The highest BCUT2D eigenvalue weighted by Crippen LogP contribution is 2.33. The number of nitrogens with zero attached hydrogens (tertiary/aromatic N) is 1. The van der Waals surface area contributed by atoms with Crippen LogP contribution in [0.5, 0.6) is 0 Å². The van der Waals surface area contributed by atoms with E-state index in [2.05, 4.69) is 0 Å². The summed E-state index contributed by atoms with van der Waals surface area (Å²) in [5.41, 5.74) is -1.09. The molecule has 2 rings (SSSR count). The topological polar surface area (TPSA) is 49.8 Å². The Morgan fingerprint density at radius 2 is 2.17 bits per heavy atom. The minimum absolute atomic E-state index is 0.244. The third-order valence-corrected chi connectivity index (χ3v) is 2.56. The van der Waals surface area contributed by atoms with Gasteiger partial charge in [-0.15, -0.1) is 0 Å². The van der Waals surface area contributed by atoms with Crippen LogP contribution in [0, 0.1) is 0 Å². The molecule has 0 bridgehead atoms. The smallest absolute Gasteiger partial charge is 0.278 e. The van der Waals surface area contributed by atoms with Gasteiger partial charge in [0.1, 0.15) is 5.60 Å². The number of hydroxylamine groups is 2. The molecule has 1 saturated heterocycles. The number of rotatable bonds is 1. The van der Waals surface area contributed by atoms with Gasteiger partial charge in [-0.3, -0.25) is 9.63 Å². The van der Waals surface area contributed by atoms with Crippen LogP contribution in [0.25, 0.3) is 0 Å². The van der Waals surface area contributed by atoms with Gasteiger partial charge in [0.05, 0.1) is 13.2 Å². The van der Waals surface area contributed by atoms with Crippen molar-refractivity contribution >= 4 is 5.91 Å². The van der Waals surface area contributed by atoms with Crippen LogP contribution in [0.2, 0.25) is 0 Å². The molecule has 0 atom stereocenters. The Labute approximate surface area is 71.1 Å². The van der Waals surface area contributed by atoms with Gasteiger partial charge in [0.25, 0.3) is 5.91 Å². The molecule has 1 aliphatic heterocycles. The maximum atomic E-state index is 11.5. The summed E-state index contributed by atoms with van der Waals surface area (Å²) in [6, 6.07) is 0. The molecule has 0 aromatic rings. The normalized spacial score (nSPS) is 26.9. The lowest BCUT2D eigenvalue weighted by molar-refractivity contribution is -0.196. The second-order valence-electron chi connectivity index (χ2n) is 3.48. The lowest BCUT2D eigenvalue weighted by Crippen LogP contribution is -2.52. The van der Waals surface area contributed by atoms with Crippen LogP contribution in [-0.2, 0) is 9.63 Å². The summed E-state index contributed by atoms with van der Waals surface area (Å²) in [7, 11) is 0. The quantitative estimate of drug-likeness (QED) is 0.607. The van der Waals surface area contributed by atoms with Gasteiger partial charge in [-0.1, -0.05) is 0 Å². The molecule has 0 radical (unpaired) electrons. The molecule has 2 aliphatic rings. The SMILES string of the molecule is O=C(N1CCCO1)C1(O)CCC1. The highest BCUT2D eigenvalue weighted by molar-refractivity contribution is 5.85. The Kier molecular flexibility index (Phi) is 1.81. The average molecular weight is 171 g/mol. The second-order valence-corrected chi connectivity index (χ2v) is 3.48. The Balaban J connectivity index is 1.98. The van der Waals surface area contributed by atoms with Crippen molar-refractivity contribution in [2.45, 2.75) is 31.3 Å². The standard InChI is InChI=1S/C8H13NO3/c10-7(8(11)3-1-4-8)9-5-2-6-12-9/h11H,1-6H2. The van der Waals surface area contributed by atoms with E-state index in [1.54, 1.807) is 0 Å². The van der Waals surface area contributed by atoms with Gasteiger partial charge in [-0.05, 0) is 25.7 Å². The number of aliphatic hydroxyl groups is 1. The van der Waals surface area contributed by atoms with Gasteiger partial charge in [0, 0.05) is 0 Å². The fraction of sp³-hybridized carbons (Fsp3) is 0.875. The molecule has 0 aromatic carbocycles. The first-order valence-electron chi connectivity index (χ1n) is 4.40. The predicted molar refractivity (Wildman–Crippen MR) is 41.1 cm³/mol. The van der Waals surface area contributed by atoms with Crippen molar-refractivity contribution in [2.24, 2.45) is 0 Å². The molecule has 1 amide bonds. The third kappa shape index (κ3) is 1.11. The van der Waals surface area contributed by atoms with E-state index in [-0.39, 0.29) is 5.91 Å². The zero-order valence-corrected chi connectivity index (χ0v) is 6.95. The van der Waals surface area contributed by atoms with Crippen LogP contribution >= 0.6 is 0 Å². The molecule has 2 fully saturated rings. The minimum atomic E-state index is -1.09. The summed E-state index contributed by atoms with van der Waals surface area (Å²) in [6.07, 6.45) is 3.00. The number of amides is 1. The molecule has 1 N–H and O–H groups in total. The van der Waals surface area contributed by atoms with E-state index >= 15 is 0 Å². The predicted octanol–water partition coefficient (Wildman–Crippen LogP) is 0.0653. The molecular weight excluding hydrogens is 158 g/mol. The van der Waals surface area contributed by atoms with E-state index in [4.69, 9.17) is 4.84 Å². The molecule has 1 saturated carbocycles. The Morgan fingerprint density at radius 3 is 2.58 bits per heavy atom. The molecule has 12 heavy (non-hydrogen) atoms. The van der Waals surface area contributed by atoms with Gasteiger partial charge in [-0.25, -0.2) is 5.06 Å². The highest BCUT2D eigenvalue weighted by Gasteiger charge is 2.45. The minimum Gasteiger partial charge on any atom is -0.380 e. The zero-order valence-electron chi connectivity index (χ0n) is 6.95. The Morgan fingerprint density at radius 1 is 1.42 bits per heavy atom. The van der Waals surface area contributed by atoms with E-state index < -0.39 is 5.60 Å². The Hall–Kier alpha value is -0.610. The molecule has 68 valence electrons. The summed E-state index contributed by atoms with van der Waals surface area (Å²) < 4.78 is 0. The number of carbonyl (C=O) groups excluding carboxylic acids is 1. The van der Waals surface area contributed by atoms with Crippen LogP contribution in [0.4, 0.5) is 0 Å². The summed E-state index contributed by atoms with van der Waals surface area (Å²) >= 11 is 0. The maximum Gasteiger partial charge on any atom is 0.278 e. The molecule has 1 aliphatic carbocycles. The molecule has 0 unspecified atom stereocenters. The summed E-state index contributed by atoms with van der Waals surface area (Å²) in [5, 5.41) is 11.0. The van der Waals surface area contributed by atoms with E-state index in [9.17, 15) is 9.90 Å². The fourth-order valence-electron chi connectivity index (χ4n) is 1.57. The molecular formula is C8H13NO3. The van der Waals surface area contributed by atoms with E-state index in [0.29, 0.717) is 26.0 Å². The first-order chi connectivity index (χ1) is 5.72. The van der Waals surface area contributed by atoms with Crippen LogP contribution in [0.3, 0.4) is 0 Å². The highest BCUT2D eigenvalue weighted by atomic mass is 16.7. The monoisotopic (exact) mass is 171 g/mol. The van der Waals surface area contributed by atoms with Gasteiger partial charge in [0.2, 0.25) is 0 Å². The van der Waals surface area contributed by atoms with Crippen molar-refractivity contribution in [3.8, 4) is 0 Å². The lowest BCUT2D eigenvalue weighted by atomic mass is 9.79. The number of carbonyl (C=O) groups is 1. The van der Waals surface area contributed by atoms with Crippen LogP contribution in [0.15, 0.2) is 0 Å². The first-order valence-corrected chi connectivity index (χ1v) is 4.40. The van der Waals surface area contributed by atoms with E-state index in [1.165, 1.54) is 5.06 Å². The summed E-state index contributed by atoms with van der Waals surface area (Å²) in [5.74, 6) is -0.244. The molecule has 1 heterocycles. The summed E-state index contributed by atoms with van der Waals surface area (Å²) in [4.78, 5) is 16.6. The third-order valence-electron chi connectivity index (χ3n) is 2.56. The van der Waals surface area contributed by atoms with Crippen molar-refractivity contribution in [3.05, 3.63) is 0 Å². The Bertz CT molecular complexity index is 194. The van der Waals surface area contributed by atoms with E-state index in [0.717, 1.165) is 12.8 Å². The largest absolute Gasteiger partial charge is 0.380 e. The number of hydrogen-bond donors (Lipinski definition) is 1. The van der Waals surface area contributed by atoms with Gasteiger partial charge < -0.3 is 5.11 Å². The maximum absolute atomic E-state index is 11.5. The van der Waals surface area contributed by atoms with Gasteiger partial charge >= 0.3 is 0 Å². The average Bonchev–Trinajstić information content (AvgIpc) is 2.50. The number of hydrogen-bond acceptors (Lipinski definition) is 3. The van der Waals surface area contributed by atoms with Crippen LogP contribution in [-0.4, -0.2) is 34.8 Å². The fourth-order valence-corrected chi connectivity index (χ4v) is 1.57. The van der Waals surface area contributed by atoms with Crippen molar-refractivity contribution in [1.82, 2.24) is 5.06 Å². The lowest BCUT2D eigenvalue weighted by Gasteiger charge is -2.36. The van der Waals surface area contributed by atoms with Crippen molar-refractivity contribution in [2.75, 3.05) is 13.2 Å². The van der Waals surface area contributed by atoms with Gasteiger partial charge in [-0.2, -0.15) is 0 Å². The second kappa shape index (κ2) is 2.71. The van der Waals surface area contributed by atoms with Gasteiger partial charge in [0.15, 0.2) is 0 Å². The molecule has 0 aromatic heterocycles. The van der Waals surface area contributed by atoms with Crippen molar-refractivity contribution in [1.29, 1.82) is 0 Å². The zero-order chi connectivity index (χ0) is 8.60. The molecule has 4 nitrogen and oxygen atoms in total. The molecule has 4 heteroatoms. The van der Waals surface area contributed by atoms with Crippen molar-refractivity contribution < 1.29 is 14.7 Å². The van der Waals surface area contributed by atoms with Crippen molar-refractivity contribution in [3.63, 3.8) is 0 Å².